The van der Waals surface area contributed by atoms with Gasteiger partial charge in [0, 0.05) is 23.1 Å². The van der Waals surface area contributed by atoms with E-state index >= 15 is 0 Å². The Balaban J connectivity index is 1.65. The number of rotatable bonds is 4. The van der Waals surface area contributed by atoms with Gasteiger partial charge in [0.25, 0.3) is 5.91 Å². The van der Waals surface area contributed by atoms with E-state index in [0.717, 1.165) is 25.9 Å². The van der Waals surface area contributed by atoms with E-state index in [1.165, 1.54) is 11.0 Å². The SMILES string of the molecule is CN(C)[C@@H]1C(O)=C(C(N)=O)C(=O)[C@@]2(O)C(O)=C3C(=O)c4c(O)cc(CN5CCCC5)c(Cl)c4C[C@H]3C[C@@H]12. The lowest BCUT2D eigenvalue weighted by Gasteiger charge is -2.50. The fraction of sp³-hybridized carbons (Fsp3) is 0.500. The summed E-state index contributed by atoms with van der Waals surface area (Å²) in [6.07, 6.45) is 2.36. The number of hydrogen-bond acceptors (Lipinski definition) is 9. The normalized spacial score (nSPS) is 30.0. The molecular weight excluding hydrogens is 502 g/mol. The number of fused-ring (bicyclic) bond motifs is 3. The molecule has 1 aliphatic heterocycles. The third kappa shape index (κ3) is 3.61. The number of aliphatic hydroxyl groups is 3. The molecular formula is C26H30ClN3O7. The molecule has 1 aromatic carbocycles. The molecule has 11 heteroatoms. The molecule has 6 N–H and O–H groups in total. The number of allylic oxidation sites excluding steroid dienone is 1. The summed E-state index contributed by atoms with van der Waals surface area (Å²) in [5.74, 6) is -6.74. The van der Waals surface area contributed by atoms with Gasteiger partial charge in [0.2, 0.25) is 5.78 Å². The highest BCUT2D eigenvalue weighted by atomic mass is 35.5. The number of primary amides is 1. The average molecular weight is 532 g/mol. The Labute approximate surface area is 218 Å². The van der Waals surface area contributed by atoms with Gasteiger partial charge in [0.05, 0.1) is 11.6 Å². The van der Waals surface area contributed by atoms with Crippen LogP contribution in [0.4, 0.5) is 0 Å². The standard InChI is InChI=1S/C26H30ClN3O7/c1-29(2)20-14-8-11-7-13-17(15(31)9-12(19(13)27)10-30-5-3-4-6-30)21(32)16(11)23(34)26(14,37)24(35)18(22(20)33)25(28)36/h9,11,14,20,31,33-34,37H,3-8,10H2,1-2H3,(H2,28,36)/t11-,14-,20-,26-/m0/s1. The highest BCUT2D eigenvalue weighted by Crippen LogP contribution is 2.53. The van der Waals surface area contributed by atoms with Gasteiger partial charge in [-0.2, -0.15) is 0 Å². The molecule has 0 radical (unpaired) electrons. The number of hydrogen-bond donors (Lipinski definition) is 5. The van der Waals surface area contributed by atoms with E-state index in [4.69, 9.17) is 17.3 Å². The van der Waals surface area contributed by atoms with Crippen LogP contribution in [0.25, 0.3) is 0 Å². The molecule has 4 atom stereocenters. The van der Waals surface area contributed by atoms with Crippen molar-refractivity contribution in [2.45, 2.75) is 43.9 Å². The Morgan fingerprint density at radius 2 is 1.86 bits per heavy atom. The number of nitrogens with zero attached hydrogens (tertiary/aromatic N) is 2. The number of likely N-dealkylation sites (tertiary alicyclic amines) is 1. The largest absolute Gasteiger partial charge is 0.510 e. The second-order valence-electron chi connectivity index (χ2n) is 10.7. The van der Waals surface area contributed by atoms with Crippen molar-refractivity contribution in [1.82, 2.24) is 9.80 Å². The fourth-order valence-electron chi connectivity index (χ4n) is 6.65. The number of carbonyl (C=O) groups is 3. The summed E-state index contributed by atoms with van der Waals surface area (Å²) in [5, 5.41) is 45.0. The highest BCUT2D eigenvalue weighted by Gasteiger charge is 2.63. The molecule has 0 spiro atoms. The molecule has 1 saturated heterocycles. The van der Waals surface area contributed by atoms with E-state index in [-0.39, 0.29) is 29.7 Å². The first-order valence-electron chi connectivity index (χ1n) is 12.3. The Morgan fingerprint density at radius 1 is 1.22 bits per heavy atom. The number of amides is 1. The number of aromatic hydroxyl groups is 1. The summed E-state index contributed by atoms with van der Waals surface area (Å²) >= 11 is 6.78. The number of carbonyl (C=O) groups excluding carboxylic acids is 3. The van der Waals surface area contributed by atoms with Crippen molar-refractivity contribution in [3.05, 3.63) is 50.4 Å². The van der Waals surface area contributed by atoms with Gasteiger partial charge in [-0.15, -0.1) is 0 Å². The van der Waals surface area contributed by atoms with E-state index < -0.39 is 58.0 Å². The van der Waals surface area contributed by atoms with Crippen LogP contribution in [0, 0.1) is 11.8 Å². The Bertz CT molecular complexity index is 1300. The van der Waals surface area contributed by atoms with Crippen molar-refractivity contribution in [3.8, 4) is 5.75 Å². The minimum atomic E-state index is -2.65. The van der Waals surface area contributed by atoms with Crippen LogP contribution >= 0.6 is 11.6 Å². The lowest BCUT2D eigenvalue weighted by Crippen LogP contribution is -2.63. The quantitative estimate of drug-likeness (QED) is 0.361. The lowest BCUT2D eigenvalue weighted by atomic mass is 9.58. The summed E-state index contributed by atoms with van der Waals surface area (Å²) in [7, 11) is 3.18. The van der Waals surface area contributed by atoms with E-state index in [0.29, 0.717) is 22.7 Å². The minimum Gasteiger partial charge on any atom is -0.510 e. The molecule has 1 amide bonds. The molecule has 10 nitrogen and oxygen atoms in total. The van der Waals surface area contributed by atoms with Crippen LogP contribution < -0.4 is 5.73 Å². The molecule has 4 aliphatic rings. The van der Waals surface area contributed by atoms with E-state index in [1.54, 1.807) is 14.1 Å². The van der Waals surface area contributed by atoms with Crippen LogP contribution in [0.3, 0.4) is 0 Å². The summed E-state index contributed by atoms with van der Waals surface area (Å²) in [4.78, 5) is 42.8. The molecule has 0 bridgehead atoms. The van der Waals surface area contributed by atoms with Crippen LogP contribution in [0.1, 0.15) is 40.7 Å². The number of nitrogens with two attached hydrogens (primary N) is 1. The number of Topliss-reactive ketones (excluding diaryl/α,β-unsaturated/α-hetero) is 2. The highest BCUT2D eigenvalue weighted by molar-refractivity contribution is 6.33. The smallest absolute Gasteiger partial charge is 0.255 e. The van der Waals surface area contributed by atoms with Crippen molar-refractivity contribution in [1.29, 1.82) is 0 Å². The van der Waals surface area contributed by atoms with E-state index in [9.17, 15) is 34.8 Å². The molecule has 0 unspecified atom stereocenters. The van der Waals surface area contributed by atoms with Crippen LogP contribution in [-0.2, 0) is 22.6 Å². The zero-order valence-corrected chi connectivity index (χ0v) is 21.4. The maximum Gasteiger partial charge on any atom is 0.255 e. The predicted octanol–water partition coefficient (Wildman–Crippen LogP) is 1.37. The van der Waals surface area contributed by atoms with Crippen molar-refractivity contribution < 1.29 is 34.8 Å². The maximum absolute atomic E-state index is 13.7. The van der Waals surface area contributed by atoms with Gasteiger partial charge in [0.15, 0.2) is 11.4 Å². The van der Waals surface area contributed by atoms with Gasteiger partial charge < -0.3 is 26.2 Å². The second kappa shape index (κ2) is 8.83. The molecule has 0 aromatic heterocycles. The number of aliphatic hydroxyl groups excluding tert-OH is 2. The first kappa shape index (κ1) is 25.7. The third-order valence-corrected chi connectivity index (χ3v) is 8.79. The first-order valence-corrected chi connectivity index (χ1v) is 12.7. The first-order chi connectivity index (χ1) is 17.4. The Hall–Kier alpha value is -2.92. The molecule has 1 fully saturated rings. The summed E-state index contributed by atoms with van der Waals surface area (Å²) < 4.78 is 0. The van der Waals surface area contributed by atoms with Gasteiger partial charge in [-0.3, -0.25) is 24.2 Å². The minimum absolute atomic E-state index is 0.0270. The number of likely N-dealkylation sites (N-methyl/N-ethyl adjacent to an activating group) is 1. The van der Waals surface area contributed by atoms with Crippen LogP contribution in [0.15, 0.2) is 28.7 Å². The fourth-order valence-corrected chi connectivity index (χ4v) is 6.94. The van der Waals surface area contributed by atoms with Crippen molar-refractivity contribution in [3.63, 3.8) is 0 Å². The monoisotopic (exact) mass is 531 g/mol. The molecule has 1 heterocycles. The molecule has 3 aliphatic carbocycles. The van der Waals surface area contributed by atoms with Gasteiger partial charge in [0.1, 0.15) is 22.8 Å². The van der Waals surface area contributed by atoms with Gasteiger partial charge in [-0.05, 0) is 76.0 Å². The van der Waals surface area contributed by atoms with Crippen molar-refractivity contribution in [2.75, 3.05) is 27.2 Å². The number of phenols is 1. The topological polar surface area (TPSA) is 165 Å². The van der Waals surface area contributed by atoms with Crippen molar-refractivity contribution >= 4 is 29.1 Å². The van der Waals surface area contributed by atoms with Crippen LogP contribution in [-0.4, -0.2) is 86.5 Å². The molecule has 0 saturated carbocycles. The number of halogens is 1. The summed E-state index contributed by atoms with van der Waals surface area (Å²) in [6.45, 7) is 2.36. The van der Waals surface area contributed by atoms with E-state index in [1.807, 2.05) is 0 Å². The Morgan fingerprint density at radius 3 is 2.46 bits per heavy atom. The number of phenolic OH excluding ortho intramolecular Hbond substituents is 1. The van der Waals surface area contributed by atoms with Crippen molar-refractivity contribution in [2.24, 2.45) is 17.6 Å². The summed E-state index contributed by atoms with van der Waals surface area (Å²) in [5.41, 5.74) is 2.74. The molecule has 5 rings (SSSR count). The zero-order valence-electron chi connectivity index (χ0n) is 20.6. The second-order valence-corrected chi connectivity index (χ2v) is 11.0. The molecule has 198 valence electrons. The maximum atomic E-state index is 13.7. The third-order valence-electron chi connectivity index (χ3n) is 8.32. The van der Waals surface area contributed by atoms with Crippen LogP contribution in [0.5, 0.6) is 5.75 Å². The van der Waals surface area contributed by atoms with Crippen LogP contribution in [0.2, 0.25) is 5.02 Å². The Kier molecular flexibility index (Phi) is 6.14. The lowest BCUT2D eigenvalue weighted by molar-refractivity contribution is -0.148. The number of benzene rings is 1. The zero-order chi connectivity index (χ0) is 27.0. The predicted molar refractivity (Wildman–Crippen MR) is 133 cm³/mol. The van der Waals surface area contributed by atoms with E-state index in [2.05, 4.69) is 4.90 Å². The average Bonchev–Trinajstić information content (AvgIpc) is 3.32. The molecule has 37 heavy (non-hydrogen) atoms. The number of ketones is 2. The van der Waals surface area contributed by atoms with Gasteiger partial charge >= 0.3 is 0 Å². The van der Waals surface area contributed by atoms with Gasteiger partial charge in [-0.25, -0.2) is 0 Å². The molecule has 1 aromatic rings. The summed E-state index contributed by atoms with van der Waals surface area (Å²) in [6, 6.07) is 0.422. The van der Waals surface area contributed by atoms with Gasteiger partial charge in [-0.1, -0.05) is 11.6 Å².